The topological polar surface area (TPSA) is 67.8 Å². The molecule has 1 aromatic rings. The standard InChI is InChI=1S/C17H24ClNO4/c1-22-14-8-7-12(16(18)17(14)23-2)10-19-13-6-4-3-5-11(13)9-15(20)21/h7-8,11,13,19H,3-6,9-10H2,1-2H3,(H,20,21)/t11-,13-/m1/s1. The summed E-state index contributed by atoms with van der Waals surface area (Å²) in [5.74, 6) is 0.579. The van der Waals surface area contributed by atoms with Crippen LogP contribution in [-0.2, 0) is 11.3 Å². The molecule has 6 heteroatoms. The number of carbonyl (C=O) groups is 1. The number of benzene rings is 1. The number of rotatable bonds is 7. The number of carboxylic acid groups (broad SMARTS) is 1. The molecule has 0 heterocycles. The maximum Gasteiger partial charge on any atom is 0.303 e. The lowest BCUT2D eigenvalue weighted by Crippen LogP contribution is -2.39. The van der Waals surface area contributed by atoms with Gasteiger partial charge in [0.15, 0.2) is 11.5 Å². The van der Waals surface area contributed by atoms with Crippen LogP contribution in [0, 0.1) is 5.92 Å². The summed E-state index contributed by atoms with van der Waals surface area (Å²) in [6.45, 7) is 0.583. The van der Waals surface area contributed by atoms with E-state index in [1.165, 1.54) is 0 Å². The highest BCUT2D eigenvalue weighted by atomic mass is 35.5. The van der Waals surface area contributed by atoms with Crippen LogP contribution in [-0.4, -0.2) is 31.3 Å². The van der Waals surface area contributed by atoms with Gasteiger partial charge in [0.1, 0.15) is 0 Å². The van der Waals surface area contributed by atoms with Crippen LogP contribution >= 0.6 is 11.6 Å². The van der Waals surface area contributed by atoms with Gasteiger partial charge in [0.25, 0.3) is 0 Å². The lowest BCUT2D eigenvalue weighted by Gasteiger charge is -2.31. The summed E-state index contributed by atoms with van der Waals surface area (Å²) in [4.78, 5) is 11.0. The Hall–Kier alpha value is -1.46. The molecular formula is C17H24ClNO4. The van der Waals surface area contributed by atoms with Crippen LogP contribution in [0.3, 0.4) is 0 Å². The van der Waals surface area contributed by atoms with E-state index < -0.39 is 5.97 Å². The van der Waals surface area contributed by atoms with Crippen LogP contribution in [0.15, 0.2) is 12.1 Å². The van der Waals surface area contributed by atoms with Crippen molar-refractivity contribution in [2.24, 2.45) is 5.92 Å². The zero-order valence-electron chi connectivity index (χ0n) is 13.6. The van der Waals surface area contributed by atoms with Crippen LogP contribution in [0.1, 0.15) is 37.7 Å². The van der Waals surface area contributed by atoms with E-state index in [0.717, 1.165) is 31.2 Å². The Morgan fingerprint density at radius 3 is 2.70 bits per heavy atom. The van der Waals surface area contributed by atoms with Gasteiger partial charge in [0.2, 0.25) is 0 Å². The molecule has 0 spiro atoms. The number of ether oxygens (including phenoxy) is 2. The summed E-state index contributed by atoms with van der Waals surface area (Å²) in [6.07, 6.45) is 4.42. The molecule has 1 aliphatic rings. The second-order valence-corrected chi connectivity index (χ2v) is 6.28. The minimum absolute atomic E-state index is 0.181. The molecule has 2 atom stereocenters. The van der Waals surface area contributed by atoms with Gasteiger partial charge in [0, 0.05) is 19.0 Å². The first-order valence-electron chi connectivity index (χ1n) is 7.91. The summed E-state index contributed by atoms with van der Waals surface area (Å²) in [5.41, 5.74) is 0.920. The molecule has 1 aromatic carbocycles. The molecule has 0 unspecified atom stereocenters. The molecule has 2 rings (SSSR count). The number of aliphatic carboxylic acids is 1. The van der Waals surface area contributed by atoms with Crippen molar-refractivity contribution >= 4 is 17.6 Å². The average molecular weight is 342 g/mol. The minimum Gasteiger partial charge on any atom is -0.493 e. The molecule has 0 bridgehead atoms. The van der Waals surface area contributed by atoms with Crippen LogP contribution in [0.2, 0.25) is 5.02 Å². The molecule has 5 nitrogen and oxygen atoms in total. The van der Waals surface area contributed by atoms with Gasteiger partial charge >= 0.3 is 5.97 Å². The van der Waals surface area contributed by atoms with E-state index >= 15 is 0 Å². The van der Waals surface area contributed by atoms with E-state index in [-0.39, 0.29) is 18.4 Å². The maximum absolute atomic E-state index is 11.0. The second kappa shape index (κ2) is 8.41. The van der Waals surface area contributed by atoms with Crippen LogP contribution in [0.4, 0.5) is 0 Å². The summed E-state index contributed by atoms with van der Waals surface area (Å²) >= 11 is 6.39. The van der Waals surface area contributed by atoms with Crippen molar-refractivity contribution in [3.05, 3.63) is 22.7 Å². The maximum atomic E-state index is 11.0. The van der Waals surface area contributed by atoms with Gasteiger partial charge in [-0.05, 0) is 30.4 Å². The monoisotopic (exact) mass is 341 g/mol. The number of nitrogens with one attached hydrogen (secondary N) is 1. The number of hydrogen-bond acceptors (Lipinski definition) is 4. The van der Waals surface area contributed by atoms with E-state index in [0.29, 0.717) is 23.1 Å². The van der Waals surface area contributed by atoms with Crippen molar-refractivity contribution in [2.45, 2.75) is 44.7 Å². The minimum atomic E-state index is -0.729. The van der Waals surface area contributed by atoms with E-state index in [2.05, 4.69) is 5.32 Å². The number of carboxylic acids is 1. The normalized spacial score (nSPS) is 21.0. The Labute approximate surface area is 141 Å². The molecule has 23 heavy (non-hydrogen) atoms. The van der Waals surface area contributed by atoms with Crippen molar-refractivity contribution in [2.75, 3.05) is 14.2 Å². The summed E-state index contributed by atoms with van der Waals surface area (Å²) < 4.78 is 10.5. The molecule has 0 aliphatic heterocycles. The molecule has 128 valence electrons. The van der Waals surface area contributed by atoms with Gasteiger partial charge in [-0.3, -0.25) is 4.79 Å². The van der Waals surface area contributed by atoms with Crippen LogP contribution in [0.5, 0.6) is 11.5 Å². The third-order valence-corrected chi connectivity index (χ3v) is 4.88. The number of methoxy groups -OCH3 is 2. The molecule has 1 aliphatic carbocycles. The largest absolute Gasteiger partial charge is 0.493 e. The van der Waals surface area contributed by atoms with Crippen LogP contribution < -0.4 is 14.8 Å². The Balaban J connectivity index is 2.05. The predicted octanol–water partition coefficient (Wildman–Crippen LogP) is 3.48. The van der Waals surface area contributed by atoms with Crippen molar-refractivity contribution < 1.29 is 19.4 Å². The summed E-state index contributed by atoms with van der Waals surface area (Å²) in [6, 6.07) is 3.95. The molecular weight excluding hydrogens is 318 g/mol. The van der Waals surface area contributed by atoms with E-state index in [4.69, 9.17) is 26.2 Å². The molecule has 1 saturated carbocycles. The SMILES string of the molecule is COc1ccc(CN[C@@H]2CCCC[C@@H]2CC(=O)O)c(Cl)c1OC. The Morgan fingerprint density at radius 1 is 1.30 bits per heavy atom. The first-order chi connectivity index (χ1) is 11.1. The van der Waals surface area contributed by atoms with E-state index in [1.807, 2.05) is 12.1 Å². The lowest BCUT2D eigenvalue weighted by molar-refractivity contribution is -0.138. The fourth-order valence-corrected chi connectivity index (χ4v) is 3.55. The van der Waals surface area contributed by atoms with Gasteiger partial charge in [-0.15, -0.1) is 0 Å². The van der Waals surface area contributed by atoms with Gasteiger partial charge in [-0.25, -0.2) is 0 Å². The van der Waals surface area contributed by atoms with Crippen molar-refractivity contribution in [1.29, 1.82) is 0 Å². The van der Waals surface area contributed by atoms with Gasteiger partial charge < -0.3 is 19.9 Å². The fourth-order valence-electron chi connectivity index (χ4n) is 3.25. The molecule has 2 N–H and O–H groups in total. The molecule has 0 radical (unpaired) electrons. The first-order valence-corrected chi connectivity index (χ1v) is 8.29. The molecule has 0 amide bonds. The zero-order valence-corrected chi connectivity index (χ0v) is 14.4. The van der Waals surface area contributed by atoms with Crippen LogP contribution in [0.25, 0.3) is 0 Å². The second-order valence-electron chi connectivity index (χ2n) is 5.90. The highest BCUT2D eigenvalue weighted by Crippen LogP contribution is 2.37. The third-order valence-electron chi connectivity index (χ3n) is 4.47. The highest BCUT2D eigenvalue weighted by Gasteiger charge is 2.27. The predicted molar refractivity (Wildman–Crippen MR) is 89.4 cm³/mol. The fraction of sp³-hybridized carbons (Fsp3) is 0.588. The average Bonchev–Trinajstić information content (AvgIpc) is 2.54. The van der Waals surface area contributed by atoms with Crippen molar-refractivity contribution in [1.82, 2.24) is 5.32 Å². The van der Waals surface area contributed by atoms with Gasteiger partial charge in [-0.1, -0.05) is 30.5 Å². The molecule has 0 saturated heterocycles. The molecule has 0 aromatic heterocycles. The van der Waals surface area contributed by atoms with E-state index in [9.17, 15) is 4.79 Å². The lowest BCUT2D eigenvalue weighted by atomic mass is 9.82. The Bertz CT molecular complexity index is 550. The van der Waals surface area contributed by atoms with Crippen molar-refractivity contribution in [3.63, 3.8) is 0 Å². The molecule has 1 fully saturated rings. The van der Waals surface area contributed by atoms with E-state index in [1.54, 1.807) is 14.2 Å². The Morgan fingerprint density at radius 2 is 2.04 bits per heavy atom. The quantitative estimate of drug-likeness (QED) is 0.794. The number of hydrogen-bond donors (Lipinski definition) is 2. The van der Waals surface area contributed by atoms with Gasteiger partial charge in [0.05, 0.1) is 19.2 Å². The highest BCUT2D eigenvalue weighted by molar-refractivity contribution is 6.33. The smallest absolute Gasteiger partial charge is 0.303 e. The van der Waals surface area contributed by atoms with Gasteiger partial charge in [-0.2, -0.15) is 0 Å². The van der Waals surface area contributed by atoms with Crippen molar-refractivity contribution in [3.8, 4) is 11.5 Å². The third kappa shape index (κ3) is 4.52. The summed E-state index contributed by atoms with van der Waals surface area (Å²) in [7, 11) is 3.13. The first kappa shape index (κ1) is 17.9. The number of halogens is 1. The summed E-state index contributed by atoms with van der Waals surface area (Å²) in [5, 5.41) is 13.1. The zero-order chi connectivity index (χ0) is 16.8. The Kier molecular flexibility index (Phi) is 6.54.